The summed E-state index contributed by atoms with van der Waals surface area (Å²) in [6.45, 7) is 2.45. The fraction of sp³-hybridized carbons (Fsp3) is 0.300. The van der Waals surface area contributed by atoms with Gasteiger partial charge in [0.1, 0.15) is 24.8 Å². The van der Waals surface area contributed by atoms with Crippen molar-refractivity contribution in [1.82, 2.24) is 0 Å². The summed E-state index contributed by atoms with van der Waals surface area (Å²) in [7, 11) is 0. The molecule has 6 nitrogen and oxygen atoms in total. The van der Waals surface area contributed by atoms with E-state index in [-0.39, 0.29) is 36.0 Å². The van der Waals surface area contributed by atoms with Gasteiger partial charge < -0.3 is 19.5 Å². The number of benzene rings is 2. The predicted molar refractivity (Wildman–Crippen MR) is 95.3 cm³/mol. The first-order valence-electron chi connectivity index (χ1n) is 8.71. The van der Waals surface area contributed by atoms with Crippen molar-refractivity contribution >= 4 is 17.4 Å². The van der Waals surface area contributed by atoms with Crippen LogP contribution in [0.1, 0.15) is 35.2 Å². The third-order valence-corrected chi connectivity index (χ3v) is 4.60. The Balaban J connectivity index is 1.44. The van der Waals surface area contributed by atoms with E-state index in [2.05, 4.69) is 5.32 Å². The van der Waals surface area contributed by atoms with E-state index in [1.807, 2.05) is 0 Å². The molecule has 0 spiro atoms. The first-order chi connectivity index (χ1) is 13.0. The monoisotopic (exact) mass is 371 g/mol. The molecule has 2 aliphatic rings. The molecule has 0 fully saturated rings. The number of ether oxygens (including phenoxy) is 3. The van der Waals surface area contributed by atoms with Gasteiger partial charge in [-0.15, -0.1) is 0 Å². The molecule has 1 aliphatic heterocycles. The van der Waals surface area contributed by atoms with Crippen LogP contribution in [0.3, 0.4) is 0 Å². The highest BCUT2D eigenvalue weighted by atomic mass is 19.1. The van der Waals surface area contributed by atoms with Gasteiger partial charge in [0, 0.05) is 23.7 Å². The number of nitrogens with one attached hydrogen (secondary N) is 1. The van der Waals surface area contributed by atoms with Crippen molar-refractivity contribution in [3.05, 3.63) is 47.3 Å². The third-order valence-electron chi connectivity index (χ3n) is 4.60. The Bertz CT molecular complexity index is 927. The Morgan fingerprint density at radius 3 is 2.81 bits per heavy atom. The lowest BCUT2D eigenvalue weighted by atomic mass is 10.0. The van der Waals surface area contributed by atoms with E-state index in [1.165, 1.54) is 12.1 Å². The number of hydrogen-bond acceptors (Lipinski definition) is 5. The summed E-state index contributed by atoms with van der Waals surface area (Å²) in [4.78, 5) is 24.3. The van der Waals surface area contributed by atoms with Crippen LogP contribution in [-0.2, 0) is 4.79 Å². The largest absolute Gasteiger partial charge is 0.486 e. The van der Waals surface area contributed by atoms with Crippen molar-refractivity contribution in [3.8, 4) is 17.2 Å². The molecule has 0 bridgehead atoms. The summed E-state index contributed by atoms with van der Waals surface area (Å²) in [6.07, 6.45) is 0.246. The minimum Gasteiger partial charge on any atom is -0.486 e. The van der Waals surface area contributed by atoms with Gasteiger partial charge in [-0.1, -0.05) is 6.92 Å². The lowest BCUT2D eigenvalue weighted by Crippen LogP contribution is -2.21. The fourth-order valence-electron chi connectivity index (χ4n) is 3.41. The fourth-order valence-corrected chi connectivity index (χ4v) is 3.41. The summed E-state index contributed by atoms with van der Waals surface area (Å²) < 4.78 is 30.4. The van der Waals surface area contributed by atoms with E-state index in [0.717, 1.165) is 0 Å². The zero-order valence-corrected chi connectivity index (χ0v) is 14.7. The lowest BCUT2D eigenvalue weighted by molar-refractivity contribution is -0.118. The second kappa shape index (κ2) is 6.90. The van der Waals surface area contributed by atoms with E-state index >= 15 is 0 Å². The molecule has 0 saturated heterocycles. The first kappa shape index (κ1) is 17.3. The molecule has 2 aromatic carbocycles. The second-order valence-electron chi connectivity index (χ2n) is 6.56. The Labute approximate surface area is 155 Å². The average molecular weight is 371 g/mol. The zero-order chi connectivity index (χ0) is 19.0. The molecule has 1 atom stereocenters. The SMILES string of the molecule is CC1CC(=O)c2c(OCC(=O)Nc3ccc4c(c3)OCCO4)ccc(F)c21. The van der Waals surface area contributed by atoms with Crippen molar-refractivity contribution in [2.75, 3.05) is 25.1 Å². The predicted octanol–water partition coefficient (Wildman–Crippen LogP) is 3.30. The number of fused-ring (bicyclic) bond motifs is 2. The summed E-state index contributed by atoms with van der Waals surface area (Å²) in [6, 6.07) is 7.75. The van der Waals surface area contributed by atoms with Crippen molar-refractivity contribution in [2.24, 2.45) is 0 Å². The highest BCUT2D eigenvalue weighted by molar-refractivity contribution is 6.04. The Morgan fingerprint density at radius 1 is 1.22 bits per heavy atom. The number of carbonyl (C=O) groups excluding carboxylic acids is 2. The average Bonchev–Trinajstić information content (AvgIpc) is 2.96. The number of carbonyl (C=O) groups is 2. The zero-order valence-electron chi connectivity index (χ0n) is 14.7. The van der Waals surface area contributed by atoms with Crippen LogP contribution >= 0.6 is 0 Å². The molecule has 4 rings (SSSR count). The van der Waals surface area contributed by atoms with E-state index in [4.69, 9.17) is 14.2 Å². The molecular weight excluding hydrogens is 353 g/mol. The first-order valence-corrected chi connectivity index (χ1v) is 8.71. The van der Waals surface area contributed by atoms with Gasteiger partial charge in [0.05, 0.1) is 5.56 Å². The van der Waals surface area contributed by atoms with Gasteiger partial charge in [-0.2, -0.15) is 0 Å². The van der Waals surface area contributed by atoms with Crippen molar-refractivity contribution in [2.45, 2.75) is 19.3 Å². The van der Waals surface area contributed by atoms with Crippen LogP contribution in [0.5, 0.6) is 17.2 Å². The summed E-state index contributed by atoms with van der Waals surface area (Å²) >= 11 is 0. The van der Waals surface area contributed by atoms with Gasteiger partial charge >= 0.3 is 0 Å². The maximum absolute atomic E-state index is 14.0. The van der Waals surface area contributed by atoms with E-state index in [9.17, 15) is 14.0 Å². The molecule has 0 aromatic heterocycles. The molecule has 1 unspecified atom stereocenters. The Kier molecular flexibility index (Phi) is 4.43. The normalized spacial score (nSPS) is 17.4. The van der Waals surface area contributed by atoms with Gasteiger partial charge in [0.25, 0.3) is 5.91 Å². The van der Waals surface area contributed by atoms with E-state index in [0.29, 0.717) is 36.0 Å². The van der Waals surface area contributed by atoms with Gasteiger partial charge in [-0.3, -0.25) is 9.59 Å². The van der Waals surface area contributed by atoms with Crippen LogP contribution in [0.15, 0.2) is 30.3 Å². The summed E-state index contributed by atoms with van der Waals surface area (Å²) in [5.41, 5.74) is 1.15. The van der Waals surface area contributed by atoms with Gasteiger partial charge in [0.15, 0.2) is 23.9 Å². The molecule has 27 heavy (non-hydrogen) atoms. The minimum absolute atomic E-state index is 0.167. The molecule has 7 heteroatoms. The van der Waals surface area contributed by atoms with Gasteiger partial charge in [-0.25, -0.2) is 4.39 Å². The Hall–Kier alpha value is -3.09. The van der Waals surface area contributed by atoms with Gasteiger partial charge in [0.2, 0.25) is 0 Å². The third kappa shape index (κ3) is 3.32. The smallest absolute Gasteiger partial charge is 0.262 e. The van der Waals surface area contributed by atoms with Gasteiger partial charge in [-0.05, 0) is 30.2 Å². The van der Waals surface area contributed by atoms with Crippen molar-refractivity contribution in [3.63, 3.8) is 0 Å². The van der Waals surface area contributed by atoms with Crippen LogP contribution in [0.25, 0.3) is 0 Å². The number of ketones is 1. The molecule has 1 N–H and O–H groups in total. The molecule has 1 aliphatic carbocycles. The van der Waals surface area contributed by atoms with Crippen LogP contribution in [0.2, 0.25) is 0 Å². The van der Waals surface area contributed by atoms with Crippen molar-refractivity contribution < 1.29 is 28.2 Å². The molecule has 0 radical (unpaired) electrons. The quantitative estimate of drug-likeness (QED) is 0.893. The Morgan fingerprint density at radius 2 is 2.00 bits per heavy atom. The number of hydrogen-bond donors (Lipinski definition) is 1. The molecule has 0 saturated carbocycles. The number of Topliss-reactive ketones (excluding diaryl/α,β-unsaturated/α-hetero) is 1. The standard InChI is InChI=1S/C20H18FNO5/c1-11-8-14(23)20-16(5-3-13(21)19(11)20)27-10-18(24)22-12-2-4-15-17(9-12)26-7-6-25-15/h2-5,9,11H,6-8,10H2,1H3,(H,22,24). The van der Waals surface area contributed by atoms with E-state index in [1.54, 1.807) is 25.1 Å². The molecule has 1 amide bonds. The second-order valence-corrected chi connectivity index (χ2v) is 6.56. The van der Waals surface area contributed by atoms with E-state index < -0.39 is 11.7 Å². The molecule has 2 aromatic rings. The summed E-state index contributed by atoms with van der Waals surface area (Å²) in [5, 5.41) is 2.70. The number of halogens is 1. The number of rotatable bonds is 4. The maximum Gasteiger partial charge on any atom is 0.262 e. The van der Waals surface area contributed by atoms with Crippen LogP contribution in [-0.4, -0.2) is 31.5 Å². The summed E-state index contributed by atoms with van der Waals surface area (Å²) in [5.74, 6) is 0.250. The molecular formula is C20H18FNO5. The van der Waals surface area contributed by atoms with Crippen LogP contribution in [0, 0.1) is 5.82 Å². The molecule has 1 heterocycles. The number of amides is 1. The van der Waals surface area contributed by atoms with Crippen LogP contribution in [0.4, 0.5) is 10.1 Å². The highest BCUT2D eigenvalue weighted by Crippen LogP contribution is 2.39. The minimum atomic E-state index is -0.420. The topological polar surface area (TPSA) is 73.9 Å². The number of anilines is 1. The van der Waals surface area contributed by atoms with Crippen LogP contribution < -0.4 is 19.5 Å². The highest BCUT2D eigenvalue weighted by Gasteiger charge is 2.32. The lowest BCUT2D eigenvalue weighted by Gasteiger charge is -2.19. The molecule has 140 valence electrons. The van der Waals surface area contributed by atoms with Crippen molar-refractivity contribution in [1.29, 1.82) is 0 Å². The maximum atomic E-state index is 14.0.